The Morgan fingerprint density at radius 2 is 2.16 bits per heavy atom. The molecule has 2 rings (SSSR count). The van der Waals surface area contributed by atoms with E-state index in [4.69, 9.17) is 4.74 Å². The van der Waals surface area contributed by atoms with Gasteiger partial charge in [-0.2, -0.15) is 5.10 Å². The van der Waals surface area contributed by atoms with E-state index in [1.165, 1.54) is 5.56 Å². The monoisotopic (exact) mass is 260 g/mol. The van der Waals surface area contributed by atoms with Crippen LogP contribution in [0, 0.1) is 0 Å². The van der Waals surface area contributed by atoms with Crippen LogP contribution in [0.5, 0.6) is 5.88 Å². The van der Waals surface area contributed by atoms with Crippen LogP contribution >= 0.6 is 0 Å². The number of ether oxygens (including phenoxy) is 1. The van der Waals surface area contributed by atoms with Gasteiger partial charge < -0.3 is 10.1 Å². The van der Waals surface area contributed by atoms with Gasteiger partial charge in [0.25, 0.3) is 0 Å². The highest BCUT2D eigenvalue weighted by atomic mass is 16.5. The number of methoxy groups -OCH3 is 1. The summed E-state index contributed by atoms with van der Waals surface area (Å²) in [5.41, 5.74) is 3.36. The standard InChI is InChI=1S/C14H20N4O/c1-4-13-11(10-18(2)17-13)8-15-9-12-6-5-7-14(16-12)19-3/h5-7,10,15H,4,8-9H2,1-3H3. The number of hydrogen-bond acceptors (Lipinski definition) is 4. The Hall–Kier alpha value is -1.88. The zero-order valence-electron chi connectivity index (χ0n) is 11.7. The van der Waals surface area contributed by atoms with Crippen molar-refractivity contribution >= 4 is 0 Å². The van der Waals surface area contributed by atoms with E-state index in [9.17, 15) is 0 Å². The number of pyridine rings is 1. The van der Waals surface area contributed by atoms with Gasteiger partial charge in [-0.05, 0) is 12.5 Å². The van der Waals surface area contributed by atoms with Crippen molar-refractivity contribution in [2.45, 2.75) is 26.4 Å². The van der Waals surface area contributed by atoms with Gasteiger partial charge in [-0.3, -0.25) is 4.68 Å². The normalized spacial score (nSPS) is 10.7. The summed E-state index contributed by atoms with van der Waals surface area (Å²) in [5, 5.41) is 7.81. The lowest BCUT2D eigenvalue weighted by molar-refractivity contribution is 0.395. The molecule has 2 heterocycles. The van der Waals surface area contributed by atoms with E-state index in [0.717, 1.165) is 30.9 Å². The molecule has 0 bridgehead atoms. The largest absolute Gasteiger partial charge is 0.481 e. The number of aryl methyl sites for hydroxylation is 2. The van der Waals surface area contributed by atoms with Gasteiger partial charge >= 0.3 is 0 Å². The molecule has 2 aromatic rings. The van der Waals surface area contributed by atoms with Crippen molar-refractivity contribution in [1.29, 1.82) is 0 Å². The summed E-state index contributed by atoms with van der Waals surface area (Å²) in [6.45, 7) is 3.64. The molecule has 102 valence electrons. The van der Waals surface area contributed by atoms with E-state index in [1.54, 1.807) is 7.11 Å². The van der Waals surface area contributed by atoms with Crippen molar-refractivity contribution in [2.75, 3.05) is 7.11 Å². The van der Waals surface area contributed by atoms with E-state index in [0.29, 0.717) is 5.88 Å². The summed E-state index contributed by atoms with van der Waals surface area (Å²) in [7, 11) is 3.58. The number of aromatic nitrogens is 3. The molecule has 0 aliphatic heterocycles. The molecule has 0 amide bonds. The van der Waals surface area contributed by atoms with Gasteiger partial charge in [-0.15, -0.1) is 0 Å². The van der Waals surface area contributed by atoms with Crippen molar-refractivity contribution in [3.8, 4) is 5.88 Å². The Labute approximate surface area is 113 Å². The molecule has 5 nitrogen and oxygen atoms in total. The van der Waals surface area contributed by atoms with Gasteiger partial charge in [0.15, 0.2) is 0 Å². The first-order valence-corrected chi connectivity index (χ1v) is 6.45. The van der Waals surface area contributed by atoms with Crippen LogP contribution in [-0.2, 0) is 26.6 Å². The van der Waals surface area contributed by atoms with E-state index in [-0.39, 0.29) is 0 Å². The second kappa shape index (κ2) is 6.33. The van der Waals surface area contributed by atoms with Gasteiger partial charge in [0.05, 0.1) is 18.5 Å². The fourth-order valence-corrected chi connectivity index (χ4v) is 2.02. The first-order chi connectivity index (χ1) is 9.22. The molecule has 0 radical (unpaired) electrons. The summed E-state index contributed by atoms with van der Waals surface area (Å²) in [6.07, 6.45) is 3.01. The molecule has 0 aliphatic rings. The summed E-state index contributed by atoms with van der Waals surface area (Å²) < 4.78 is 6.97. The maximum absolute atomic E-state index is 5.11. The highest BCUT2D eigenvalue weighted by molar-refractivity contribution is 5.18. The topological polar surface area (TPSA) is 52.0 Å². The number of hydrogen-bond donors (Lipinski definition) is 1. The molecule has 19 heavy (non-hydrogen) atoms. The van der Waals surface area contributed by atoms with Gasteiger partial charge in [-0.25, -0.2) is 4.98 Å². The Kier molecular flexibility index (Phi) is 4.52. The lowest BCUT2D eigenvalue weighted by Crippen LogP contribution is -2.14. The van der Waals surface area contributed by atoms with Crippen molar-refractivity contribution in [3.63, 3.8) is 0 Å². The van der Waals surface area contributed by atoms with Gasteiger partial charge in [-0.1, -0.05) is 13.0 Å². The number of nitrogens with zero attached hydrogens (tertiary/aromatic N) is 3. The van der Waals surface area contributed by atoms with Crippen LogP contribution in [0.2, 0.25) is 0 Å². The van der Waals surface area contributed by atoms with Crippen LogP contribution in [0.4, 0.5) is 0 Å². The highest BCUT2D eigenvalue weighted by Gasteiger charge is 2.05. The molecule has 0 aromatic carbocycles. The number of rotatable bonds is 6. The van der Waals surface area contributed by atoms with E-state index >= 15 is 0 Å². The predicted molar refractivity (Wildman–Crippen MR) is 73.9 cm³/mol. The number of nitrogens with one attached hydrogen (secondary N) is 1. The maximum atomic E-state index is 5.11. The van der Waals surface area contributed by atoms with Crippen molar-refractivity contribution in [1.82, 2.24) is 20.1 Å². The highest BCUT2D eigenvalue weighted by Crippen LogP contribution is 2.08. The summed E-state index contributed by atoms with van der Waals surface area (Å²) in [4.78, 5) is 4.36. The second-order valence-corrected chi connectivity index (χ2v) is 4.40. The van der Waals surface area contributed by atoms with Crippen LogP contribution in [0.25, 0.3) is 0 Å². The van der Waals surface area contributed by atoms with Gasteiger partial charge in [0, 0.05) is 38.0 Å². The maximum Gasteiger partial charge on any atom is 0.213 e. The minimum atomic E-state index is 0.648. The molecule has 0 aliphatic carbocycles. The minimum absolute atomic E-state index is 0.648. The Morgan fingerprint density at radius 1 is 1.32 bits per heavy atom. The van der Waals surface area contributed by atoms with Crippen LogP contribution in [-0.4, -0.2) is 21.9 Å². The molecular weight excluding hydrogens is 240 g/mol. The van der Waals surface area contributed by atoms with Gasteiger partial charge in [0.1, 0.15) is 0 Å². The fourth-order valence-electron chi connectivity index (χ4n) is 2.02. The van der Waals surface area contributed by atoms with Crippen LogP contribution in [0.1, 0.15) is 23.9 Å². The minimum Gasteiger partial charge on any atom is -0.481 e. The van der Waals surface area contributed by atoms with E-state index < -0.39 is 0 Å². The third-order valence-electron chi connectivity index (χ3n) is 2.94. The molecule has 2 aromatic heterocycles. The quantitative estimate of drug-likeness (QED) is 0.858. The van der Waals surface area contributed by atoms with Crippen molar-refractivity contribution in [3.05, 3.63) is 41.3 Å². The van der Waals surface area contributed by atoms with Crippen LogP contribution in [0.3, 0.4) is 0 Å². The third kappa shape index (κ3) is 3.54. The molecule has 0 atom stereocenters. The summed E-state index contributed by atoms with van der Waals surface area (Å²) >= 11 is 0. The molecular formula is C14H20N4O. The van der Waals surface area contributed by atoms with Crippen molar-refractivity contribution < 1.29 is 4.74 Å². The van der Waals surface area contributed by atoms with Crippen molar-refractivity contribution in [2.24, 2.45) is 7.05 Å². The third-order valence-corrected chi connectivity index (χ3v) is 2.94. The first kappa shape index (κ1) is 13.5. The average molecular weight is 260 g/mol. The summed E-state index contributed by atoms with van der Waals surface area (Å²) in [5.74, 6) is 0.648. The van der Waals surface area contributed by atoms with Gasteiger partial charge in [0.2, 0.25) is 5.88 Å². The second-order valence-electron chi connectivity index (χ2n) is 4.40. The van der Waals surface area contributed by atoms with E-state index in [2.05, 4.69) is 28.5 Å². The Bertz CT molecular complexity index is 536. The molecule has 0 unspecified atom stereocenters. The molecule has 0 saturated heterocycles. The predicted octanol–water partition coefficient (Wildman–Crippen LogP) is 1.68. The molecule has 5 heteroatoms. The molecule has 0 spiro atoms. The van der Waals surface area contributed by atoms with Crippen LogP contribution < -0.4 is 10.1 Å². The lowest BCUT2D eigenvalue weighted by Gasteiger charge is -2.05. The molecule has 1 N–H and O–H groups in total. The van der Waals surface area contributed by atoms with E-state index in [1.807, 2.05) is 29.9 Å². The SMILES string of the molecule is CCc1nn(C)cc1CNCc1cccc(OC)n1. The smallest absolute Gasteiger partial charge is 0.213 e. The lowest BCUT2D eigenvalue weighted by atomic mass is 10.2. The zero-order chi connectivity index (χ0) is 13.7. The fraction of sp³-hybridized carbons (Fsp3) is 0.429. The Morgan fingerprint density at radius 3 is 2.89 bits per heavy atom. The summed E-state index contributed by atoms with van der Waals surface area (Å²) in [6, 6.07) is 5.78. The average Bonchev–Trinajstić information content (AvgIpc) is 2.79. The first-order valence-electron chi connectivity index (χ1n) is 6.45. The molecule has 0 fully saturated rings. The molecule has 0 saturated carbocycles. The van der Waals surface area contributed by atoms with Crippen LogP contribution in [0.15, 0.2) is 24.4 Å². The zero-order valence-corrected chi connectivity index (χ0v) is 11.7. The Balaban J connectivity index is 1.92.